The third-order valence-electron chi connectivity index (χ3n) is 7.41. The third-order valence-corrected chi connectivity index (χ3v) is 7.41. The number of benzene rings is 2. The number of carbonyl (C=O) groups is 1. The normalized spacial score (nSPS) is 17.1. The van der Waals surface area contributed by atoms with E-state index in [1.807, 2.05) is 26.8 Å². The number of nitrogens with one attached hydrogen (secondary N) is 1. The number of hydrogen-bond acceptors (Lipinski definition) is 8. The van der Waals surface area contributed by atoms with E-state index < -0.39 is 5.60 Å². The fraction of sp³-hybridized carbons (Fsp3) is 0.469. The van der Waals surface area contributed by atoms with Crippen LogP contribution in [0.25, 0.3) is 11.3 Å². The van der Waals surface area contributed by atoms with Gasteiger partial charge in [0.25, 0.3) is 0 Å². The average molecular weight is 544 g/mol. The van der Waals surface area contributed by atoms with Gasteiger partial charge in [0.2, 0.25) is 5.95 Å². The van der Waals surface area contributed by atoms with Gasteiger partial charge in [-0.05, 0) is 83.5 Å². The minimum atomic E-state index is -0.446. The van der Waals surface area contributed by atoms with Crippen LogP contribution in [0.3, 0.4) is 0 Å². The zero-order valence-electron chi connectivity index (χ0n) is 24.2. The number of esters is 1. The van der Waals surface area contributed by atoms with Crippen molar-refractivity contribution in [3.8, 4) is 11.3 Å². The van der Waals surface area contributed by atoms with Crippen molar-refractivity contribution in [1.29, 1.82) is 0 Å². The van der Waals surface area contributed by atoms with Crippen molar-refractivity contribution in [2.45, 2.75) is 52.7 Å². The molecule has 8 nitrogen and oxygen atoms in total. The molecule has 3 heterocycles. The Kier molecular flexibility index (Phi) is 8.66. The number of rotatable bonds is 7. The Morgan fingerprint density at radius 3 is 2.45 bits per heavy atom. The van der Waals surface area contributed by atoms with Crippen LogP contribution in [-0.4, -0.2) is 65.8 Å². The summed E-state index contributed by atoms with van der Waals surface area (Å²) < 4.78 is 11.3. The summed E-state index contributed by atoms with van der Waals surface area (Å²) >= 11 is 0. The van der Waals surface area contributed by atoms with Crippen LogP contribution in [-0.2, 0) is 20.8 Å². The molecular formula is C32H41N5O3. The van der Waals surface area contributed by atoms with Gasteiger partial charge < -0.3 is 19.7 Å². The van der Waals surface area contributed by atoms with E-state index in [1.54, 1.807) is 6.20 Å². The van der Waals surface area contributed by atoms with Gasteiger partial charge in [0, 0.05) is 42.8 Å². The Labute approximate surface area is 237 Å². The van der Waals surface area contributed by atoms with Gasteiger partial charge in [0.1, 0.15) is 5.60 Å². The molecule has 0 aliphatic carbocycles. The van der Waals surface area contributed by atoms with Gasteiger partial charge >= 0.3 is 5.97 Å². The predicted molar refractivity (Wildman–Crippen MR) is 159 cm³/mol. The number of anilines is 3. The standard InChI is InChI=1S/C32H41N5O3/c1-23-5-7-24(8-6-23)28-11-14-33-31(35-28)34-27-9-10-29(37-17-19-39-20-18-37)26(21-27)22-36-15-12-25(13-16-36)30(38)40-32(2,3)4/h5-11,14,21,25H,12-13,15-20,22H2,1-4H3,(H,33,34,35). The van der Waals surface area contributed by atoms with E-state index in [4.69, 9.17) is 14.5 Å². The van der Waals surface area contributed by atoms with Crippen LogP contribution in [0.2, 0.25) is 0 Å². The van der Waals surface area contributed by atoms with Crippen molar-refractivity contribution in [3.05, 3.63) is 65.9 Å². The van der Waals surface area contributed by atoms with Gasteiger partial charge in [0.05, 0.1) is 24.8 Å². The van der Waals surface area contributed by atoms with E-state index in [1.165, 1.54) is 16.8 Å². The molecule has 2 aliphatic heterocycles. The molecule has 0 unspecified atom stereocenters. The second kappa shape index (κ2) is 12.4. The summed E-state index contributed by atoms with van der Waals surface area (Å²) in [6.07, 6.45) is 3.43. The van der Waals surface area contributed by atoms with E-state index in [0.717, 1.165) is 75.7 Å². The average Bonchev–Trinajstić information content (AvgIpc) is 2.94. The van der Waals surface area contributed by atoms with Gasteiger partial charge in [-0.15, -0.1) is 0 Å². The summed E-state index contributed by atoms with van der Waals surface area (Å²) in [6, 6.07) is 16.8. The van der Waals surface area contributed by atoms with Crippen molar-refractivity contribution in [2.75, 3.05) is 49.6 Å². The van der Waals surface area contributed by atoms with E-state index in [2.05, 4.69) is 69.5 Å². The van der Waals surface area contributed by atoms with Crippen molar-refractivity contribution in [1.82, 2.24) is 14.9 Å². The Morgan fingerprint density at radius 2 is 1.75 bits per heavy atom. The number of ether oxygens (including phenoxy) is 2. The molecule has 212 valence electrons. The van der Waals surface area contributed by atoms with E-state index in [9.17, 15) is 4.79 Å². The molecule has 1 aromatic heterocycles. The lowest BCUT2D eigenvalue weighted by Gasteiger charge is -2.35. The van der Waals surface area contributed by atoms with Crippen molar-refractivity contribution in [2.24, 2.45) is 5.92 Å². The maximum atomic E-state index is 12.6. The first kappa shape index (κ1) is 28.1. The van der Waals surface area contributed by atoms with Crippen LogP contribution in [0.1, 0.15) is 44.7 Å². The number of piperidine rings is 1. The molecule has 2 saturated heterocycles. The zero-order chi connectivity index (χ0) is 28.1. The molecule has 5 rings (SSSR count). The Morgan fingerprint density at radius 1 is 1.02 bits per heavy atom. The first-order chi connectivity index (χ1) is 19.2. The fourth-order valence-corrected chi connectivity index (χ4v) is 5.29. The Bertz CT molecular complexity index is 1290. The van der Waals surface area contributed by atoms with Gasteiger partial charge in [-0.2, -0.15) is 0 Å². The van der Waals surface area contributed by atoms with Crippen LogP contribution < -0.4 is 10.2 Å². The molecule has 0 radical (unpaired) electrons. The molecule has 2 aromatic carbocycles. The Balaban J connectivity index is 1.31. The molecule has 3 aromatic rings. The number of aromatic nitrogens is 2. The molecule has 0 saturated carbocycles. The highest BCUT2D eigenvalue weighted by atomic mass is 16.6. The SMILES string of the molecule is Cc1ccc(-c2ccnc(Nc3ccc(N4CCOCC4)c(CN4CCC(C(=O)OC(C)(C)C)CC4)c3)n2)cc1. The second-order valence-electron chi connectivity index (χ2n) is 11.8. The minimum absolute atomic E-state index is 0.0276. The van der Waals surface area contributed by atoms with Gasteiger partial charge in [-0.1, -0.05) is 29.8 Å². The molecule has 8 heteroatoms. The third kappa shape index (κ3) is 7.37. The largest absolute Gasteiger partial charge is 0.460 e. The van der Waals surface area contributed by atoms with Crippen LogP contribution in [0.5, 0.6) is 0 Å². The summed E-state index contributed by atoms with van der Waals surface area (Å²) in [5.41, 5.74) is 6.16. The molecule has 40 heavy (non-hydrogen) atoms. The summed E-state index contributed by atoms with van der Waals surface area (Å²) in [7, 11) is 0. The van der Waals surface area contributed by atoms with Crippen LogP contribution in [0, 0.1) is 12.8 Å². The van der Waals surface area contributed by atoms with Crippen molar-refractivity contribution >= 4 is 23.3 Å². The van der Waals surface area contributed by atoms with E-state index >= 15 is 0 Å². The topological polar surface area (TPSA) is 79.8 Å². The molecule has 0 atom stereocenters. The van der Waals surface area contributed by atoms with E-state index in [-0.39, 0.29) is 11.9 Å². The summed E-state index contributed by atoms with van der Waals surface area (Å²) in [4.78, 5) is 26.7. The highest BCUT2D eigenvalue weighted by Gasteiger charge is 2.29. The molecule has 2 fully saturated rings. The first-order valence-electron chi connectivity index (χ1n) is 14.3. The number of carbonyl (C=O) groups excluding carboxylic acids is 1. The molecular weight excluding hydrogens is 502 g/mol. The van der Waals surface area contributed by atoms with Gasteiger partial charge in [0.15, 0.2) is 0 Å². The second-order valence-corrected chi connectivity index (χ2v) is 11.8. The van der Waals surface area contributed by atoms with Crippen LogP contribution >= 0.6 is 0 Å². The lowest BCUT2D eigenvalue weighted by Crippen LogP contribution is -2.39. The van der Waals surface area contributed by atoms with Crippen LogP contribution in [0.4, 0.5) is 17.3 Å². The Hall–Kier alpha value is -3.49. The minimum Gasteiger partial charge on any atom is -0.460 e. The molecule has 1 N–H and O–H groups in total. The zero-order valence-corrected chi connectivity index (χ0v) is 24.2. The maximum Gasteiger partial charge on any atom is 0.309 e. The quantitative estimate of drug-likeness (QED) is 0.387. The first-order valence-corrected chi connectivity index (χ1v) is 14.3. The molecule has 0 amide bonds. The van der Waals surface area contributed by atoms with Crippen molar-refractivity contribution < 1.29 is 14.3 Å². The molecule has 2 aliphatic rings. The van der Waals surface area contributed by atoms with Crippen molar-refractivity contribution in [3.63, 3.8) is 0 Å². The number of likely N-dealkylation sites (tertiary alicyclic amines) is 1. The monoisotopic (exact) mass is 543 g/mol. The van der Waals surface area contributed by atoms with Crippen LogP contribution in [0.15, 0.2) is 54.7 Å². The lowest BCUT2D eigenvalue weighted by molar-refractivity contribution is -0.161. The van der Waals surface area contributed by atoms with E-state index in [0.29, 0.717) is 5.95 Å². The number of aryl methyl sites for hydroxylation is 1. The maximum absolute atomic E-state index is 12.6. The summed E-state index contributed by atoms with van der Waals surface area (Å²) in [6.45, 7) is 13.6. The molecule has 0 spiro atoms. The smallest absolute Gasteiger partial charge is 0.309 e. The molecule has 0 bridgehead atoms. The lowest BCUT2D eigenvalue weighted by atomic mass is 9.96. The number of nitrogens with zero attached hydrogens (tertiary/aromatic N) is 4. The highest BCUT2D eigenvalue weighted by molar-refractivity contribution is 5.73. The van der Waals surface area contributed by atoms with Gasteiger partial charge in [-0.3, -0.25) is 9.69 Å². The number of hydrogen-bond donors (Lipinski definition) is 1. The van der Waals surface area contributed by atoms with Gasteiger partial charge in [-0.25, -0.2) is 9.97 Å². The number of morpholine rings is 1. The fourth-order valence-electron chi connectivity index (χ4n) is 5.29. The summed E-state index contributed by atoms with van der Waals surface area (Å²) in [5.74, 6) is 0.474. The predicted octanol–water partition coefficient (Wildman–Crippen LogP) is 5.59. The highest BCUT2D eigenvalue weighted by Crippen LogP contribution is 2.30. The summed E-state index contributed by atoms with van der Waals surface area (Å²) in [5, 5.41) is 3.43.